The fourth-order valence-corrected chi connectivity index (χ4v) is 2.95. The molecule has 0 fully saturated rings. The molecule has 0 aliphatic carbocycles. The van der Waals surface area contributed by atoms with Crippen LogP contribution in [0.25, 0.3) is 0 Å². The van der Waals surface area contributed by atoms with E-state index in [1.807, 2.05) is 62.4 Å². The Balaban J connectivity index is 2.04. The molecule has 24 heavy (non-hydrogen) atoms. The molecule has 0 saturated heterocycles. The summed E-state index contributed by atoms with van der Waals surface area (Å²) in [6, 6.07) is 19.2. The van der Waals surface area contributed by atoms with Crippen molar-refractivity contribution in [2.45, 2.75) is 26.3 Å². The third-order valence-corrected chi connectivity index (χ3v) is 4.29. The van der Waals surface area contributed by atoms with Crippen molar-refractivity contribution in [1.82, 2.24) is 9.78 Å². The standard InChI is InChI=1S/C20H19ClN2O/c1-14(2)18-17(19(24)16-11-7-4-8-12-16)20(21)23(22-18)13-15-9-5-3-6-10-15/h3-12,14H,13H2,1-2H3. The van der Waals surface area contributed by atoms with E-state index in [9.17, 15) is 4.79 Å². The van der Waals surface area contributed by atoms with Gasteiger partial charge in [0.25, 0.3) is 0 Å². The quantitative estimate of drug-likeness (QED) is 0.618. The third-order valence-electron chi connectivity index (χ3n) is 3.90. The molecule has 0 aliphatic heterocycles. The van der Waals surface area contributed by atoms with Gasteiger partial charge in [0.1, 0.15) is 5.15 Å². The second-order valence-electron chi connectivity index (χ2n) is 6.04. The lowest BCUT2D eigenvalue weighted by atomic mass is 9.99. The van der Waals surface area contributed by atoms with Crippen molar-refractivity contribution in [3.05, 3.63) is 88.2 Å². The van der Waals surface area contributed by atoms with Crippen LogP contribution in [0.5, 0.6) is 0 Å². The van der Waals surface area contributed by atoms with Crippen LogP contribution in [0.1, 0.15) is 46.9 Å². The molecule has 0 bridgehead atoms. The Morgan fingerprint density at radius 3 is 2.21 bits per heavy atom. The number of aromatic nitrogens is 2. The zero-order chi connectivity index (χ0) is 17.1. The number of carbonyl (C=O) groups is 1. The summed E-state index contributed by atoms with van der Waals surface area (Å²) in [4.78, 5) is 12.9. The smallest absolute Gasteiger partial charge is 0.198 e. The fraction of sp³-hybridized carbons (Fsp3) is 0.200. The highest BCUT2D eigenvalue weighted by molar-refractivity contribution is 6.34. The van der Waals surface area contributed by atoms with Crippen LogP contribution >= 0.6 is 11.6 Å². The summed E-state index contributed by atoms with van der Waals surface area (Å²) in [6.45, 7) is 4.59. The predicted octanol–water partition coefficient (Wildman–Crippen LogP) is 4.94. The summed E-state index contributed by atoms with van der Waals surface area (Å²) in [5.74, 6) is 0.0331. The molecule has 1 heterocycles. The monoisotopic (exact) mass is 338 g/mol. The Morgan fingerprint density at radius 2 is 1.62 bits per heavy atom. The number of hydrogen-bond acceptors (Lipinski definition) is 2. The number of benzene rings is 2. The maximum Gasteiger partial charge on any atom is 0.198 e. The summed E-state index contributed by atoms with van der Waals surface area (Å²) in [5.41, 5.74) is 2.97. The zero-order valence-corrected chi connectivity index (χ0v) is 14.5. The molecule has 0 amide bonds. The number of halogens is 1. The molecule has 122 valence electrons. The van der Waals surface area contributed by atoms with Crippen LogP contribution in [-0.4, -0.2) is 15.6 Å². The lowest BCUT2D eigenvalue weighted by Gasteiger charge is -2.05. The lowest BCUT2D eigenvalue weighted by Crippen LogP contribution is -2.05. The Labute approximate surface area is 146 Å². The molecule has 0 atom stereocenters. The van der Waals surface area contributed by atoms with Gasteiger partial charge < -0.3 is 0 Å². The highest BCUT2D eigenvalue weighted by Gasteiger charge is 2.25. The first-order valence-corrected chi connectivity index (χ1v) is 8.35. The van der Waals surface area contributed by atoms with Crippen LogP contribution in [0, 0.1) is 0 Å². The molecule has 3 aromatic rings. The summed E-state index contributed by atoms with van der Waals surface area (Å²) >= 11 is 6.55. The second kappa shape index (κ2) is 7.02. The minimum Gasteiger partial charge on any atom is -0.288 e. The van der Waals surface area contributed by atoms with Gasteiger partial charge in [0.15, 0.2) is 5.78 Å². The van der Waals surface area contributed by atoms with Gasteiger partial charge in [-0.3, -0.25) is 4.79 Å². The van der Waals surface area contributed by atoms with E-state index in [1.54, 1.807) is 16.8 Å². The van der Waals surface area contributed by atoms with Gasteiger partial charge in [0.05, 0.1) is 17.8 Å². The molecule has 0 N–H and O–H groups in total. The van der Waals surface area contributed by atoms with Crippen molar-refractivity contribution in [3.8, 4) is 0 Å². The Bertz CT molecular complexity index is 839. The molecular weight excluding hydrogens is 320 g/mol. The van der Waals surface area contributed by atoms with Crippen molar-refractivity contribution in [2.75, 3.05) is 0 Å². The molecule has 4 heteroatoms. The van der Waals surface area contributed by atoms with Crippen LogP contribution in [-0.2, 0) is 6.54 Å². The summed E-state index contributed by atoms with van der Waals surface area (Å²) < 4.78 is 1.71. The van der Waals surface area contributed by atoms with Crippen LogP contribution in [0.4, 0.5) is 0 Å². The van der Waals surface area contributed by atoms with E-state index >= 15 is 0 Å². The molecule has 1 aromatic heterocycles. The van der Waals surface area contributed by atoms with E-state index in [1.165, 1.54) is 0 Å². The van der Waals surface area contributed by atoms with E-state index in [0.717, 1.165) is 11.3 Å². The van der Waals surface area contributed by atoms with Crippen LogP contribution in [0.3, 0.4) is 0 Å². The Morgan fingerprint density at radius 1 is 1.04 bits per heavy atom. The molecule has 0 saturated carbocycles. The molecule has 0 radical (unpaired) electrons. The third kappa shape index (κ3) is 3.26. The van der Waals surface area contributed by atoms with Gasteiger partial charge in [-0.15, -0.1) is 0 Å². The lowest BCUT2D eigenvalue weighted by molar-refractivity contribution is 0.103. The second-order valence-corrected chi connectivity index (χ2v) is 6.40. The number of carbonyl (C=O) groups excluding carboxylic acids is 1. The van der Waals surface area contributed by atoms with Gasteiger partial charge in [0.2, 0.25) is 0 Å². The maximum atomic E-state index is 12.9. The van der Waals surface area contributed by atoms with Crippen LogP contribution < -0.4 is 0 Å². The van der Waals surface area contributed by atoms with Crippen molar-refractivity contribution >= 4 is 17.4 Å². The van der Waals surface area contributed by atoms with Crippen molar-refractivity contribution < 1.29 is 4.79 Å². The first-order valence-electron chi connectivity index (χ1n) is 7.97. The number of hydrogen-bond donors (Lipinski definition) is 0. The highest BCUT2D eigenvalue weighted by Crippen LogP contribution is 2.29. The van der Waals surface area contributed by atoms with Gasteiger partial charge in [-0.25, -0.2) is 4.68 Å². The molecule has 3 nitrogen and oxygen atoms in total. The number of nitrogens with zero attached hydrogens (tertiary/aromatic N) is 2. The summed E-state index contributed by atoms with van der Waals surface area (Å²) in [5, 5.41) is 5.01. The molecule has 0 unspecified atom stereocenters. The molecule has 0 spiro atoms. The average Bonchev–Trinajstić information content (AvgIpc) is 2.93. The largest absolute Gasteiger partial charge is 0.288 e. The van der Waals surface area contributed by atoms with Crippen molar-refractivity contribution in [2.24, 2.45) is 0 Å². The van der Waals surface area contributed by atoms with Gasteiger partial charge in [0, 0.05) is 5.56 Å². The van der Waals surface area contributed by atoms with Crippen molar-refractivity contribution in [3.63, 3.8) is 0 Å². The SMILES string of the molecule is CC(C)c1nn(Cc2ccccc2)c(Cl)c1C(=O)c1ccccc1. The molecular formula is C20H19ClN2O. The number of rotatable bonds is 5. The van der Waals surface area contributed by atoms with Gasteiger partial charge in [-0.2, -0.15) is 5.10 Å². The van der Waals surface area contributed by atoms with E-state index in [-0.39, 0.29) is 11.7 Å². The topological polar surface area (TPSA) is 34.9 Å². The number of ketones is 1. The summed E-state index contributed by atoms with van der Waals surface area (Å²) in [6.07, 6.45) is 0. The Kier molecular flexibility index (Phi) is 4.81. The molecule has 2 aromatic carbocycles. The maximum absolute atomic E-state index is 12.9. The van der Waals surface area contributed by atoms with Crippen LogP contribution in [0.15, 0.2) is 60.7 Å². The normalized spacial score (nSPS) is 11.0. The van der Waals surface area contributed by atoms with Crippen LogP contribution in [0.2, 0.25) is 5.15 Å². The molecule has 0 aliphatic rings. The summed E-state index contributed by atoms with van der Waals surface area (Å²) in [7, 11) is 0. The minimum absolute atomic E-state index is 0.0800. The van der Waals surface area contributed by atoms with Gasteiger partial charge in [-0.05, 0) is 11.5 Å². The zero-order valence-electron chi connectivity index (χ0n) is 13.7. The van der Waals surface area contributed by atoms with Gasteiger partial charge in [-0.1, -0.05) is 86.1 Å². The van der Waals surface area contributed by atoms with E-state index < -0.39 is 0 Å². The molecule has 3 rings (SSSR count). The van der Waals surface area contributed by atoms with E-state index in [2.05, 4.69) is 5.10 Å². The fourth-order valence-electron chi connectivity index (χ4n) is 2.67. The first-order chi connectivity index (χ1) is 11.6. The first kappa shape index (κ1) is 16.5. The van der Waals surface area contributed by atoms with Gasteiger partial charge >= 0.3 is 0 Å². The van der Waals surface area contributed by atoms with E-state index in [4.69, 9.17) is 11.6 Å². The van der Waals surface area contributed by atoms with Crippen molar-refractivity contribution in [1.29, 1.82) is 0 Å². The highest BCUT2D eigenvalue weighted by atomic mass is 35.5. The average molecular weight is 339 g/mol. The minimum atomic E-state index is -0.0800. The van der Waals surface area contributed by atoms with E-state index in [0.29, 0.717) is 22.8 Å². The Hall–Kier alpha value is -2.39. The predicted molar refractivity (Wildman–Crippen MR) is 96.7 cm³/mol.